The second-order valence-corrected chi connectivity index (χ2v) is 8.39. The van der Waals surface area contributed by atoms with Crippen molar-refractivity contribution in [1.29, 1.82) is 0 Å². The molecule has 0 heterocycles. The van der Waals surface area contributed by atoms with Crippen LogP contribution in [0.3, 0.4) is 0 Å². The predicted octanol–water partition coefficient (Wildman–Crippen LogP) is 3.37. The monoisotopic (exact) mass is 535 g/mol. The van der Waals surface area contributed by atoms with Crippen molar-refractivity contribution in [2.45, 2.75) is 31.4 Å². The third-order valence-corrected chi connectivity index (χ3v) is 4.93. The molecule has 0 radical (unpaired) electrons. The fraction of sp³-hybridized carbons (Fsp3) is 0.350. The molecule has 2 aromatic rings. The van der Waals surface area contributed by atoms with Crippen molar-refractivity contribution in [3.8, 4) is 5.75 Å². The van der Waals surface area contributed by atoms with E-state index in [0.29, 0.717) is 31.3 Å². The van der Waals surface area contributed by atoms with E-state index in [4.69, 9.17) is 4.74 Å². The summed E-state index contributed by atoms with van der Waals surface area (Å²) in [4.78, 5) is 4.78. The Morgan fingerprint density at radius 1 is 1.17 bits per heavy atom. The number of nitrogens with one attached hydrogen (secondary N) is 2. The number of ether oxygens (including phenoxy) is 1. The first kappa shape index (κ1) is 25.2. The first-order chi connectivity index (χ1) is 13.3. The molecule has 160 valence electrons. The molecular formula is C20H27FIN3O3S. The van der Waals surface area contributed by atoms with Crippen molar-refractivity contribution in [3.05, 3.63) is 59.9 Å². The van der Waals surface area contributed by atoms with E-state index in [9.17, 15) is 12.8 Å². The van der Waals surface area contributed by atoms with Crippen LogP contribution >= 0.6 is 24.0 Å². The summed E-state index contributed by atoms with van der Waals surface area (Å²) in [5, 5.41) is 6.33. The van der Waals surface area contributed by atoms with Gasteiger partial charge in [0.2, 0.25) is 0 Å². The summed E-state index contributed by atoms with van der Waals surface area (Å²) in [5.41, 5.74) is 0.897. The lowest BCUT2D eigenvalue weighted by Crippen LogP contribution is -2.41. The fourth-order valence-electron chi connectivity index (χ4n) is 2.41. The van der Waals surface area contributed by atoms with Gasteiger partial charge in [-0.3, -0.25) is 0 Å². The molecule has 29 heavy (non-hydrogen) atoms. The first-order valence-corrected chi connectivity index (χ1v) is 10.9. The van der Waals surface area contributed by atoms with Crippen LogP contribution < -0.4 is 15.4 Å². The average Bonchev–Trinajstić information content (AvgIpc) is 2.63. The molecule has 0 aliphatic rings. The number of hydrogen-bond donors (Lipinski definition) is 2. The minimum Gasteiger partial charge on any atom is -0.489 e. The lowest BCUT2D eigenvalue weighted by molar-refractivity contribution is 0.223. The van der Waals surface area contributed by atoms with Gasteiger partial charge in [0.05, 0.1) is 18.0 Å². The van der Waals surface area contributed by atoms with Gasteiger partial charge in [-0.15, -0.1) is 24.0 Å². The van der Waals surface area contributed by atoms with Crippen molar-refractivity contribution in [2.24, 2.45) is 4.99 Å². The molecule has 2 N–H and O–H groups in total. The molecule has 0 saturated carbocycles. The Bertz CT molecular complexity index is 905. The summed E-state index contributed by atoms with van der Waals surface area (Å²) in [7, 11) is -3.20. The number of hydrogen-bond acceptors (Lipinski definition) is 4. The summed E-state index contributed by atoms with van der Waals surface area (Å²) in [6.45, 7) is 5.42. The lowest BCUT2D eigenvalue weighted by atomic mass is 10.2. The van der Waals surface area contributed by atoms with Gasteiger partial charge < -0.3 is 15.4 Å². The highest BCUT2D eigenvalue weighted by Crippen LogP contribution is 2.13. The van der Waals surface area contributed by atoms with Crippen LogP contribution in [0, 0.1) is 5.82 Å². The SMILES string of the molecule is CCNC(=NCc1ccc(S(C)(=O)=O)cc1)NCC(C)Oc1cccc(F)c1.I. The lowest BCUT2D eigenvalue weighted by Gasteiger charge is -2.17. The predicted molar refractivity (Wildman–Crippen MR) is 124 cm³/mol. The van der Waals surface area contributed by atoms with Crippen molar-refractivity contribution in [2.75, 3.05) is 19.3 Å². The highest BCUT2D eigenvalue weighted by molar-refractivity contribution is 14.0. The average molecular weight is 535 g/mol. The van der Waals surface area contributed by atoms with E-state index in [-0.39, 0.29) is 40.8 Å². The molecule has 2 rings (SSSR count). The van der Waals surface area contributed by atoms with Crippen LogP contribution in [0.1, 0.15) is 19.4 Å². The van der Waals surface area contributed by atoms with Crippen LogP contribution in [0.25, 0.3) is 0 Å². The molecule has 0 aliphatic heterocycles. The molecule has 0 spiro atoms. The minimum absolute atomic E-state index is 0. The highest BCUT2D eigenvalue weighted by Gasteiger charge is 2.08. The highest BCUT2D eigenvalue weighted by atomic mass is 127. The zero-order chi connectivity index (χ0) is 20.6. The van der Waals surface area contributed by atoms with Gasteiger partial charge in [0.15, 0.2) is 15.8 Å². The Kier molecular flexibility index (Phi) is 10.4. The summed E-state index contributed by atoms with van der Waals surface area (Å²) < 4.78 is 41.9. The molecule has 1 unspecified atom stereocenters. The maximum absolute atomic E-state index is 13.2. The van der Waals surface area contributed by atoms with E-state index in [1.165, 1.54) is 18.4 Å². The van der Waals surface area contributed by atoms with Gasteiger partial charge in [-0.2, -0.15) is 0 Å². The van der Waals surface area contributed by atoms with Crippen molar-refractivity contribution < 1.29 is 17.5 Å². The summed E-state index contributed by atoms with van der Waals surface area (Å²) in [5.74, 6) is 0.751. The standard InChI is InChI=1S/C20H26FN3O3S.HI/c1-4-22-20(23-13-15(2)27-18-7-5-6-17(21)12-18)24-14-16-8-10-19(11-9-16)28(3,25)26;/h5-12,15H,4,13-14H2,1-3H3,(H2,22,23,24);1H. The molecule has 1 atom stereocenters. The molecular weight excluding hydrogens is 508 g/mol. The van der Waals surface area contributed by atoms with E-state index in [1.54, 1.807) is 36.4 Å². The molecule has 0 bridgehead atoms. The Morgan fingerprint density at radius 3 is 2.45 bits per heavy atom. The molecule has 6 nitrogen and oxygen atoms in total. The number of halogens is 2. The minimum atomic E-state index is -3.20. The molecule has 0 aromatic heterocycles. The first-order valence-electron chi connectivity index (χ1n) is 9.01. The molecule has 0 fully saturated rings. The van der Waals surface area contributed by atoms with E-state index >= 15 is 0 Å². The number of rotatable bonds is 8. The van der Waals surface area contributed by atoms with Crippen LogP contribution in [0.15, 0.2) is 58.4 Å². The quantitative estimate of drug-likeness (QED) is 0.308. The molecule has 0 aliphatic carbocycles. The van der Waals surface area contributed by atoms with Gasteiger partial charge in [0, 0.05) is 18.9 Å². The summed E-state index contributed by atoms with van der Waals surface area (Å²) in [6.07, 6.45) is 0.986. The smallest absolute Gasteiger partial charge is 0.191 e. The number of guanidine groups is 1. The fourth-order valence-corrected chi connectivity index (χ4v) is 3.04. The zero-order valence-corrected chi connectivity index (χ0v) is 19.8. The maximum Gasteiger partial charge on any atom is 0.191 e. The Labute approximate surface area is 188 Å². The second kappa shape index (κ2) is 12.0. The summed E-state index contributed by atoms with van der Waals surface area (Å²) in [6, 6.07) is 12.7. The summed E-state index contributed by atoms with van der Waals surface area (Å²) >= 11 is 0. The Hall–Kier alpha value is -1.88. The van der Waals surface area contributed by atoms with Crippen LogP contribution in [-0.2, 0) is 16.4 Å². The third kappa shape index (κ3) is 8.99. The second-order valence-electron chi connectivity index (χ2n) is 6.38. The van der Waals surface area contributed by atoms with Crippen molar-refractivity contribution in [1.82, 2.24) is 10.6 Å². The van der Waals surface area contributed by atoms with Crippen LogP contribution in [0.2, 0.25) is 0 Å². The maximum atomic E-state index is 13.2. The third-order valence-electron chi connectivity index (χ3n) is 3.81. The van der Waals surface area contributed by atoms with Gasteiger partial charge in [0.1, 0.15) is 17.7 Å². The molecule has 2 aromatic carbocycles. The number of sulfone groups is 1. The van der Waals surface area contributed by atoms with Gasteiger partial charge in [-0.1, -0.05) is 18.2 Å². The number of aliphatic imine (C=N–C) groups is 1. The van der Waals surface area contributed by atoms with E-state index in [2.05, 4.69) is 15.6 Å². The largest absolute Gasteiger partial charge is 0.489 e. The van der Waals surface area contributed by atoms with Crippen LogP contribution in [-0.4, -0.2) is 39.8 Å². The van der Waals surface area contributed by atoms with Gasteiger partial charge in [-0.25, -0.2) is 17.8 Å². The topological polar surface area (TPSA) is 79.8 Å². The Balaban J connectivity index is 0.00000420. The molecule has 0 saturated heterocycles. The zero-order valence-electron chi connectivity index (χ0n) is 16.7. The van der Waals surface area contributed by atoms with Gasteiger partial charge in [-0.05, 0) is 43.7 Å². The van der Waals surface area contributed by atoms with Gasteiger partial charge >= 0.3 is 0 Å². The molecule has 0 amide bonds. The van der Waals surface area contributed by atoms with Crippen LogP contribution in [0.5, 0.6) is 5.75 Å². The molecule has 9 heteroatoms. The normalized spacial score (nSPS) is 12.6. The van der Waals surface area contributed by atoms with Crippen LogP contribution in [0.4, 0.5) is 4.39 Å². The van der Waals surface area contributed by atoms with Gasteiger partial charge in [0.25, 0.3) is 0 Å². The van der Waals surface area contributed by atoms with E-state index < -0.39 is 9.84 Å². The van der Waals surface area contributed by atoms with Crippen molar-refractivity contribution >= 4 is 39.8 Å². The van der Waals surface area contributed by atoms with E-state index in [1.807, 2.05) is 13.8 Å². The Morgan fingerprint density at radius 2 is 1.86 bits per heavy atom. The van der Waals surface area contributed by atoms with Crippen molar-refractivity contribution in [3.63, 3.8) is 0 Å². The number of benzene rings is 2. The van der Waals surface area contributed by atoms with E-state index in [0.717, 1.165) is 5.56 Å². The number of nitrogens with zero attached hydrogens (tertiary/aromatic N) is 1.